The van der Waals surface area contributed by atoms with E-state index in [0.717, 1.165) is 0 Å². The molecule has 0 unspecified atom stereocenters. The first-order valence-electron chi connectivity index (χ1n) is 7.17. The monoisotopic (exact) mass is 251 g/mol. The zero-order valence-electron chi connectivity index (χ0n) is 11.8. The van der Waals surface area contributed by atoms with Crippen molar-refractivity contribution in [3.63, 3.8) is 0 Å². The van der Waals surface area contributed by atoms with Gasteiger partial charge in [0.25, 0.3) is 0 Å². The summed E-state index contributed by atoms with van der Waals surface area (Å²) in [6.45, 7) is 6.76. The molecule has 2 aromatic carbocycles. The topological polar surface area (TPSA) is 3.24 Å². The first-order chi connectivity index (χ1) is 9.24. The zero-order chi connectivity index (χ0) is 13.2. The van der Waals surface area contributed by atoms with Gasteiger partial charge in [-0.25, -0.2) is 0 Å². The summed E-state index contributed by atoms with van der Waals surface area (Å²) in [4.78, 5) is 2.48. The molecule has 0 aromatic heterocycles. The van der Waals surface area contributed by atoms with Crippen LogP contribution in [0.4, 0.5) is 5.69 Å². The van der Waals surface area contributed by atoms with Crippen LogP contribution in [-0.4, -0.2) is 13.1 Å². The largest absolute Gasteiger partial charge is 0.372 e. The van der Waals surface area contributed by atoms with E-state index in [9.17, 15) is 0 Å². The second-order valence-electron chi connectivity index (χ2n) is 5.54. The smallest absolute Gasteiger partial charge is 0.0366 e. The first-order valence-corrected chi connectivity index (χ1v) is 7.17. The molecule has 98 valence electrons. The zero-order valence-corrected chi connectivity index (χ0v) is 11.8. The van der Waals surface area contributed by atoms with Crippen molar-refractivity contribution in [2.75, 3.05) is 18.0 Å². The van der Waals surface area contributed by atoms with Crippen LogP contribution in [0.15, 0.2) is 42.5 Å². The van der Waals surface area contributed by atoms with Gasteiger partial charge >= 0.3 is 0 Å². The summed E-state index contributed by atoms with van der Waals surface area (Å²) in [6.07, 6.45) is 2.66. The standard InChI is InChI=1S/C18H21N/c1-14-5-6-17(13-15(14)2)16-7-9-18(10-8-16)19-11-3-4-12-19/h5-10,13H,3-4,11-12H2,1-2H3. The Labute approximate surface area is 115 Å². The summed E-state index contributed by atoms with van der Waals surface area (Å²) in [5.74, 6) is 0. The maximum absolute atomic E-state index is 2.48. The highest BCUT2D eigenvalue weighted by atomic mass is 15.1. The summed E-state index contributed by atoms with van der Waals surface area (Å²) < 4.78 is 0. The lowest BCUT2D eigenvalue weighted by molar-refractivity contribution is 0.949. The van der Waals surface area contributed by atoms with E-state index in [1.807, 2.05) is 0 Å². The molecule has 1 heteroatoms. The van der Waals surface area contributed by atoms with Gasteiger partial charge in [-0.3, -0.25) is 0 Å². The number of aryl methyl sites for hydroxylation is 2. The van der Waals surface area contributed by atoms with Gasteiger partial charge in [-0.05, 0) is 61.1 Å². The van der Waals surface area contributed by atoms with Gasteiger partial charge in [-0.15, -0.1) is 0 Å². The predicted molar refractivity (Wildman–Crippen MR) is 82.8 cm³/mol. The Hall–Kier alpha value is -1.76. The average Bonchev–Trinajstić information content (AvgIpc) is 2.96. The van der Waals surface area contributed by atoms with Crippen molar-refractivity contribution in [3.8, 4) is 11.1 Å². The Morgan fingerprint density at radius 1 is 0.737 bits per heavy atom. The van der Waals surface area contributed by atoms with Gasteiger partial charge in [0.05, 0.1) is 0 Å². The number of benzene rings is 2. The summed E-state index contributed by atoms with van der Waals surface area (Å²) in [6, 6.07) is 15.7. The third-order valence-electron chi connectivity index (χ3n) is 4.18. The molecule has 0 bridgehead atoms. The molecule has 0 spiro atoms. The van der Waals surface area contributed by atoms with Crippen LogP contribution in [-0.2, 0) is 0 Å². The Balaban J connectivity index is 1.87. The fraction of sp³-hybridized carbons (Fsp3) is 0.333. The highest BCUT2D eigenvalue weighted by Gasteiger charge is 2.11. The van der Waals surface area contributed by atoms with E-state index in [1.165, 1.54) is 53.9 Å². The highest BCUT2D eigenvalue weighted by molar-refractivity contribution is 5.67. The molecule has 0 radical (unpaired) electrons. The number of hydrogen-bond donors (Lipinski definition) is 0. The fourth-order valence-corrected chi connectivity index (χ4v) is 2.76. The first kappa shape index (κ1) is 12.3. The van der Waals surface area contributed by atoms with E-state index in [2.05, 4.69) is 61.2 Å². The summed E-state index contributed by atoms with van der Waals surface area (Å²) in [5, 5.41) is 0. The van der Waals surface area contributed by atoms with Crippen molar-refractivity contribution in [2.45, 2.75) is 26.7 Å². The minimum atomic E-state index is 1.21. The summed E-state index contributed by atoms with van der Waals surface area (Å²) >= 11 is 0. The van der Waals surface area contributed by atoms with Gasteiger partial charge in [-0.1, -0.05) is 30.3 Å². The lowest BCUT2D eigenvalue weighted by atomic mass is 10.0. The molecule has 3 rings (SSSR count). The van der Waals surface area contributed by atoms with Gasteiger partial charge in [0.15, 0.2) is 0 Å². The number of nitrogens with zero attached hydrogens (tertiary/aromatic N) is 1. The molecule has 2 aromatic rings. The van der Waals surface area contributed by atoms with Crippen molar-refractivity contribution in [3.05, 3.63) is 53.6 Å². The second-order valence-corrected chi connectivity index (χ2v) is 5.54. The van der Waals surface area contributed by atoms with E-state index in [-0.39, 0.29) is 0 Å². The molecule has 1 nitrogen and oxygen atoms in total. The van der Waals surface area contributed by atoms with Crippen molar-refractivity contribution < 1.29 is 0 Å². The van der Waals surface area contributed by atoms with Gasteiger partial charge in [0.2, 0.25) is 0 Å². The number of hydrogen-bond acceptors (Lipinski definition) is 1. The number of rotatable bonds is 2. The van der Waals surface area contributed by atoms with E-state index >= 15 is 0 Å². The Morgan fingerprint density at radius 2 is 1.37 bits per heavy atom. The molecule has 1 fully saturated rings. The Morgan fingerprint density at radius 3 is 2.00 bits per heavy atom. The van der Waals surface area contributed by atoms with Crippen LogP contribution in [0.5, 0.6) is 0 Å². The van der Waals surface area contributed by atoms with Crippen molar-refractivity contribution in [2.24, 2.45) is 0 Å². The van der Waals surface area contributed by atoms with Gasteiger partial charge in [0, 0.05) is 18.8 Å². The van der Waals surface area contributed by atoms with Crippen molar-refractivity contribution >= 4 is 5.69 Å². The quantitative estimate of drug-likeness (QED) is 0.755. The molecule has 1 aliphatic rings. The maximum atomic E-state index is 2.48. The third-order valence-corrected chi connectivity index (χ3v) is 4.18. The molecular weight excluding hydrogens is 230 g/mol. The van der Waals surface area contributed by atoms with Crippen LogP contribution in [0.3, 0.4) is 0 Å². The molecule has 0 atom stereocenters. The molecular formula is C18H21N. The van der Waals surface area contributed by atoms with E-state index < -0.39 is 0 Å². The lowest BCUT2D eigenvalue weighted by Gasteiger charge is -2.17. The average molecular weight is 251 g/mol. The molecule has 1 aliphatic heterocycles. The normalized spacial score (nSPS) is 14.9. The van der Waals surface area contributed by atoms with Crippen LogP contribution in [0.25, 0.3) is 11.1 Å². The van der Waals surface area contributed by atoms with Gasteiger partial charge < -0.3 is 4.90 Å². The maximum Gasteiger partial charge on any atom is 0.0366 e. The predicted octanol–water partition coefficient (Wildman–Crippen LogP) is 4.57. The van der Waals surface area contributed by atoms with E-state index in [1.54, 1.807) is 0 Å². The molecule has 0 saturated carbocycles. The van der Waals surface area contributed by atoms with Crippen LogP contribution >= 0.6 is 0 Å². The SMILES string of the molecule is Cc1ccc(-c2ccc(N3CCCC3)cc2)cc1C. The Bertz CT molecular complexity index is 563. The lowest BCUT2D eigenvalue weighted by Crippen LogP contribution is -2.17. The van der Waals surface area contributed by atoms with Crippen molar-refractivity contribution in [1.29, 1.82) is 0 Å². The molecule has 19 heavy (non-hydrogen) atoms. The van der Waals surface area contributed by atoms with Crippen LogP contribution < -0.4 is 4.90 Å². The molecule has 0 aliphatic carbocycles. The van der Waals surface area contributed by atoms with Crippen LogP contribution in [0.2, 0.25) is 0 Å². The minimum Gasteiger partial charge on any atom is -0.372 e. The van der Waals surface area contributed by atoms with E-state index in [4.69, 9.17) is 0 Å². The minimum absolute atomic E-state index is 1.21. The van der Waals surface area contributed by atoms with Crippen LogP contribution in [0.1, 0.15) is 24.0 Å². The number of anilines is 1. The van der Waals surface area contributed by atoms with Crippen molar-refractivity contribution in [1.82, 2.24) is 0 Å². The summed E-state index contributed by atoms with van der Waals surface area (Å²) in [7, 11) is 0. The van der Waals surface area contributed by atoms with E-state index in [0.29, 0.717) is 0 Å². The van der Waals surface area contributed by atoms with Crippen LogP contribution in [0, 0.1) is 13.8 Å². The molecule has 1 heterocycles. The fourth-order valence-electron chi connectivity index (χ4n) is 2.76. The van der Waals surface area contributed by atoms with Gasteiger partial charge in [0.1, 0.15) is 0 Å². The molecule has 1 saturated heterocycles. The second kappa shape index (κ2) is 5.08. The summed E-state index contributed by atoms with van der Waals surface area (Å²) in [5.41, 5.74) is 6.71. The molecule has 0 N–H and O–H groups in total. The highest BCUT2D eigenvalue weighted by Crippen LogP contribution is 2.26. The molecule has 0 amide bonds. The third kappa shape index (κ3) is 2.51. The Kier molecular flexibility index (Phi) is 3.29. The van der Waals surface area contributed by atoms with Gasteiger partial charge in [-0.2, -0.15) is 0 Å².